The number of nitrogens with one attached hydrogen (secondary N) is 2. The Morgan fingerprint density at radius 1 is 1.50 bits per heavy atom. The first-order chi connectivity index (χ1) is 8.79. The summed E-state index contributed by atoms with van der Waals surface area (Å²) in [4.78, 5) is 11.7. The molecule has 1 aliphatic rings. The average Bonchev–Trinajstić information content (AvgIpc) is 2.90. The van der Waals surface area contributed by atoms with E-state index >= 15 is 0 Å². The van der Waals surface area contributed by atoms with Crippen molar-refractivity contribution in [1.82, 2.24) is 5.32 Å². The van der Waals surface area contributed by atoms with E-state index in [1.165, 1.54) is 0 Å². The summed E-state index contributed by atoms with van der Waals surface area (Å²) in [7, 11) is 0. The molecule has 1 amide bonds. The molecule has 1 saturated heterocycles. The van der Waals surface area contributed by atoms with Crippen molar-refractivity contribution in [2.75, 3.05) is 31.6 Å². The summed E-state index contributed by atoms with van der Waals surface area (Å²) in [5.74, 6) is 0.559. The van der Waals surface area contributed by atoms with Gasteiger partial charge >= 0.3 is 0 Å². The van der Waals surface area contributed by atoms with Crippen LogP contribution in [0.15, 0.2) is 24.3 Å². The minimum Gasteiger partial charge on any atom is -0.385 e. The Hall–Kier alpha value is -1.55. The Balaban J connectivity index is 1.91. The normalized spacial score (nSPS) is 18.6. The fraction of sp³-hybridized carbons (Fsp3) is 0.500. The van der Waals surface area contributed by atoms with Gasteiger partial charge in [-0.1, -0.05) is 6.07 Å². The first-order valence-electron chi connectivity index (χ1n) is 6.49. The smallest absolute Gasteiger partial charge is 0.251 e. The van der Waals surface area contributed by atoms with E-state index in [1.54, 1.807) is 0 Å². The monoisotopic (exact) mass is 248 g/mol. The number of carbonyl (C=O) groups is 1. The van der Waals surface area contributed by atoms with Crippen LogP contribution >= 0.6 is 0 Å². The molecular formula is C14H20N2O2. The fourth-order valence-corrected chi connectivity index (χ4v) is 2.04. The van der Waals surface area contributed by atoms with Crippen LogP contribution in [0, 0.1) is 5.92 Å². The number of rotatable bonds is 5. The average molecular weight is 248 g/mol. The summed E-state index contributed by atoms with van der Waals surface area (Å²) in [5.41, 5.74) is 1.69. The molecule has 98 valence electrons. The zero-order chi connectivity index (χ0) is 12.8. The number of ether oxygens (including phenoxy) is 1. The van der Waals surface area contributed by atoms with Crippen LogP contribution in [-0.2, 0) is 4.74 Å². The highest BCUT2D eigenvalue weighted by Gasteiger charge is 2.15. The lowest BCUT2D eigenvalue weighted by atomic mass is 10.1. The Morgan fingerprint density at radius 3 is 3.11 bits per heavy atom. The van der Waals surface area contributed by atoms with Crippen molar-refractivity contribution in [2.45, 2.75) is 13.3 Å². The summed E-state index contributed by atoms with van der Waals surface area (Å²) in [5, 5.41) is 6.16. The summed E-state index contributed by atoms with van der Waals surface area (Å²) in [6, 6.07) is 7.60. The van der Waals surface area contributed by atoms with Crippen LogP contribution in [-0.4, -0.2) is 32.2 Å². The number of hydrogen-bond donors (Lipinski definition) is 2. The molecule has 0 spiro atoms. The molecule has 2 rings (SSSR count). The minimum absolute atomic E-state index is 0.0228. The molecule has 1 unspecified atom stereocenters. The van der Waals surface area contributed by atoms with E-state index in [1.807, 2.05) is 31.2 Å². The summed E-state index contributed by atoms with van der Waals surface area (Å²) in [6.07, 6.45) is 1.11. The van der Waals surface area contributed by atoms with E-state index in [0.717, 1.165) is 31.9 Å². The highest BCUT2D eigenvalue weighted by molar-refractivity contribution is 5.95. The van der Waals surface area contributed by atoms with E-state index < -0.39 is 0 Å². The van der Waals surface area contributed by atoms with Crippen molar-refractivity contribution in [1.29, 1.82) is 0 Å². The Bertz CT molecular complexity index is 401. The van der Waals surface area contributed by atoms with Gasteiger partial charge in [-0.2, -0.15) is 0 Å². The molecule has 1 fully saturated rings. The van der Waals surface area contributed by atoms with Crippen LogP contribution in [0.1, 0.15) is 23.7 Å². The topological polar surface area (TPSA) is 50.4 Å². The zero-order valence-electron chi connectivity index (χ0n) is 10.7. The molecule has 2 N–H and O–H groups in total. The van der Waals surface area contributed by atoms with E-state index in [4.69, 9.17) is 4.74 Å². The third kappa shape index (κ3) is 3.47. The van der Waals surface area contributed by atoms with Gasteiger partial charge in [0.1, 0.15) is 0 Å². The Morgan fingerprint density at radius 2 is 2.39 bits per heavy atom. The Labute approximate surface area is 108 Å². The van der Waals surface area contributed by atoms with Crippen LogP contribution in [0.4, 0.5) is 5.69 Å². The zero-order valence-corrected chi connectivity index (χ0v) is 10.7. The molecule has 1 atom stereocenters. The van der Waals surface area contributed by atoms with Gasteiger partial charge in [-0.3, -0.25) is 4.79 Å². The van der Waals surface area contributed by atoms with Gasteiger partial charge in [-0.25, -0.2) is 0 Å². The van der Waals surface area contributed by atoms with Crippen molar-refractivity contribution in [2.24, 2.45) is 5.92 Å². The molecule has 0 aliphatic carbocycles. The lowest BCUT2D eigenvalue weighted by Crippen LogP contribution is -2.22. The lowest BCUT2D eigenvalue weighted by molar-refractivity contribution is 0.0956. The molecule has 1 heterocycles. The maximum atomic E-state index is 11.7. The molecule has 4 nitrogen and oxygen atoms in total. The van der Waals surface area contributed by atoms with Gasteiger partial charge in [0.15, 0.2) is 0 Å². The minimum atomic E-state index is -0.0228. The van der Waals surface area contributed by atoms with Gasteiger partial charge in [0, 0.05) is 36.9 Å². The standard InChI is InChI=1S/C14H20N2O2/c1-2-15-14(17)12-4-3-5-13(8-12)16-9-11-6-7-18-10-11/h3-5,8,11,16H,2,6-7,9-10H2,1H3,(H,15,17). The largest absolute Gasteiger partial charge is 0.385 e. The molecule has 4 heteroatoms. The SMILES string of the molecule is CCNC(=O)c1cccc(NCC2CCOC2)c1. The summed E-state index contributed by atoms with van der Waals surface area (Å²) < 4.78 is 5.34. The number of anilines is 1. The highest BCUT2D eigenvalue weighted by atomic mass is 16.5. The third-order valence-corrected chi connectivity index (χ3v) is 3.08. The van der Waals surface area contributed by atoms with Gasteiger partial charge in [-0.05, 0) is 31.5 Å². The first-order valence-corrected chi connectivity index (χ1v) is 6.49. The quantitative estimate of drug-likeness (QED) is 0.836. The molecule has 0 bridgehead atoms. The third-order valence-electron chi connectivity index (χ3n) is 3.08. The molecule has 0 radical (unpaired) electrons. The highest BCUT2D eigenvalue weighted by Crippen LogP contribution is 2.15. The number of benzene rings is 1. The van der Waals surface area contributed by atoms with Crippen LogP contribution in [0.3, 0.4) is 0 Å². The maximum Gasteiger partial charge on any atom is 0.251 e. The summed E-state index contributed by atoms with van der Waals surface area (Å²) in [6.45, 7) is 5.17. The van der Waals surface area contributed by atoms with E-state index in [2.05, 4.69) is 10.6 Å². The fourth-order valence-electron chi connectivity index (χ4n) is 2.04. The molecular weight excluding hydrogens is 228 g/mol. The second-order valence-corrected chi connectivity index (χ2v) is 4.55. The van der Waals surface area contributed by atoms with Crippen molar-refractivity contribution in [3.05, 3.63) is 29.8 Å². The molecule has 0 aromatic heterocycles. The van der Waals surface area contributed by atoms with E-state index in [0.29, 0.717) is 18.0 Å². The van der Waals surface area contributed by atoms with Crippen molar-refractivity contribution < 1.29 is 9.53 Å². The van der Waals surface area contributed by atoms with E-state index in [-0.39, 0.29) is 5.91 Å². The lowest BCUT2D eigenvalue weighted by Gasteiger charge is -2.11. The first kappa shape index (κ1) is 12.9. The molecule has 1 aliphatic heterocycles. The molecule has 1 aromatic carbocycles. The van der Waals surface area contributed by atoms with Gasteiger partial charge < -0.3 is 15.4 Å². The van der Waals surface area contributed by atoms with Crippen LogP contribution in [0.5, 0.6) is 0 Å². The van der Waals surface area contributed by atoms with Crippen molar-refractivity contribution >= 4 is 11.6 Å². The maximum absolute atomic E-state index is 11.7. The second kappa shape index (κ2) is 6.40. The van der Waals surface area contributed by atoms with Crippen molar-refractivity contribution in [3.63, 3.8) is 0 Å². The van der Waals surface area contributed by atoms with Crippen LogP contribution in [0.25, 0.3) is 0 Å². The number of hydrogen-bond acceptors (Lipinski definition) is 3. The molecule has 1 aromatic rings. The van der Waals surface area contributed by atoms with Crippen LogP contribution in [0.2, 0.25) is 0 Å². The van der Waals surface area contributed by atoms with Gasteiger partial charge in [-0.15, -0.1) is 0 Å². The predicted molar refractivity (Wildman–Crippen MR) is 71.9 cm³/mol. The number of carbonyl (C=O) groups excluding carboxylic acids is 1. The van der Waals surface area contributed by atoms with Crippen LogP contribution < -0.4 is 10.6 Å². The van der Waals surface area contributed by atoms with Gasteiger partial charge in [0.05, 0.1) is 6.61 Å². The Kier molecular flexibility index (Phi) is 4.59. The number of amides is 1. The summed E-state index contributed by atoms with van der Waals surface area (Å²) >= 11 is 0. The molecule has 18 heavy (non-hydrogen) atoms. The predicted octanol–water partition coefficient (Wildman–Crippen LogP) is 1.88. The van der Waals surface area contributed by atoms with Gasteiger partial charge in [0.2, 0.25) is 0 Å². The van der Waals surface area contributed by atoms with Gasteiger partial charge in [0.25, 0.3) is 5.91 Å². The van der Waals surface area contributed by atoms with E-state index in [9.17, 15) is 4.79 Å². The second-order valence-electron chi connectivity index (χ2n) is 4.55. The van der Waals surface area contributed by atoms with Crippen molar-refractivity contribution in [3.8, 4) is 0 Å². The molecule has 0 saturated carbocycles.